The van der Waals surface area contributed by atoms with Crippen LogP contribution in [0.3, 0.4) is 0 Å². The number of aliphatic carboxylic acids is 1. The largest absolute Gasteiger partial charge is 0.480 e. The van der Waals surface area contributed by atoms with Crippen LogP contribution in [0, 0.1) is 0 Å². The Labute approximate surface area is 145 Å². The molecule has 1 N–H and O–H groups in total. The second-order valence-corrected chi connectivity index (χ2v) is 6.37. The normalized spacial score (nSPS) is 14.9. The molecule has 0 amide bonds. The van der Waals surface area contributed by atoms with E-state index in [4.69, 9.17) is 5.11 Å². The van der Waals surface area contributed by atoms with E-state index in [0.717, 1.165) is 23.6 Å². The van der Waals surface area contributed by atoms with Crippen LogP contribution in [0.2, 0.25) is 0 Å². The van der Waals surface area contributed by atoms with Gasteiger partial charge in [-0.3, -0.25) is 9.48 Å². The minimum absolute atomic E-state index is 0.0667. The van der Waals surface area contributed by atoms with Gasteiger partial charge in [-0.25, -0.2) is 9.67 Å². The van der Waals surface area contributed by atoms with Gasteiger partial charge < -0.3 is 5.11 Å². The summed E-state index contributed by atoms with van der Waals surface area (Å²) >= 11 is 0. The summed E-state index contributed by atoms with van der Waals surface area (Å²) in [6, 6.07) is 0.984. The lowest BCUT2D eigenvalue weighted by Gasteiger charge is -2.11. The molecule has 3 aromatic heterocycles. The second-order valence-electron chi connectivity index (χ2n) is 6.37. The Kier molecular flexibility index (Phi) is 3.53. The van der Waals surface area contributed by atoms with E-state index in [2.05, 4.69) is 15.2 Å². The number of halogens is 3. The van der Waals surface area contributed by atoms with Crippen LogP contribution < -0.4 is 0 Å². The number of carbonyl (C=O) groups is 1. The highest BCUT2D eigenvalue weighted by molar-refractivity contribution is 5.87. The van der Waals surface area contributed by atoms with Crippen LogP contribution in [-0.4, -0.2) is 35.6 Å². The molecule has 0 aromatic carbocycles. The first-order valence-electron chi connectivity index (χ1n) is 7.93. The topological polar surface area (TPSA) is 85.8 Å². The summed E-state index contributed by atoms with van der Waals surface area (Å²) in [6.07, 6.45) is -0.178. The van der Waals surface area contributed by atoms with Crippen LogP contribution in [0.1, 0.15) is 30.0 Å². The van der Waals surface area contributed by atoms with Crippen molar-refractivity contribution in [2.24, 2.45) is 7.05 Å². The van der Waals surface area contributed by atoms with Crippen LogP contribution >= 0.6 is 0 Å². The van der Waals surface area contributed by atoms with E-state index in [1.165, 1.54) is 10.9 Å². The van der Waals surface area contributed by atoms with Gasteiger partial charge in [0, 0.05) is 24.7 Å². The molecule has 0 radical (unpaired) electrons. The van der Waals surface area contributed by atoms with Gasteiger partial charge in [0.05, 0.1) is 28.5 Å². The first-order chi connectivity index (χ1) is 12.2. The second kappa shape index (κ2) is 5.55. The number of alkyl halides is 3. The number of nitrogens with zero attached hydrogens (tertiary/aromatic N) is 5. The SMILES string of the molecule is Cn1cc(-c2cc(C(F)(F)F)c3c(C4CC4)nn(CC(=O)O)c3n2)cn1. The van der Waals surface area contributed by atoms with Crippen LogP contribution in [0.4, 0.5) is 13.2 Å². The van der Waals surface area contributed by atoms with Gasteiger partial charge in [-0.2, -0.15) is 23.4 Å². The van der Waals surface area contributed by atoms with E-state index in [1.807, 2.05) is 0 Å². The van der Waals surface area contributed by atoms with Crippen molar-refractivity contribution in [3.63, 3.8) is 0 Å². The highest BCUT2D eigenvalue weighted by Gasteiger charge is 2.39. The molecule has 0 atom stereocenters. The highest BCUT2D eigenvalue weighted by atomic mass is 19.4. The van der Waals surface area contributed by atoms with Gasteiger partial charge in [-0.1, -0.05) is 0 Å². The van der Waals surface area contributed by atoms with Crippen LogP contribution in [0.15, 0.2) is 18.5 Å². The minimum Gasteiger partial charge on any atom is -0.480 e. The standard InChI is InChI=1S/C16H14F3N5O2/c1-23-6-9(5-20-23)11-4-10(16(17,18)19)13-14(8-2-3-8)22-24(7-12(25)26)15(13)21-11/h4-6,8H,2-3,7H2,1H3,(H,25,26). The highest BCUT2D eigenvalue weighted by Crippen LogP contribution is 2.46. The number of hydrogen-bond acceptors (Lipinski definition) is 4. The van der Waals surface area contributed by atoms with Crippen molar-refractivity contribution in [1.29, 1.82) is 0 Å². The Morgan fingerprint density at radius 2 is 2.12 bits per heavy atom. The molecule has 1 saturated carbocycles. The first kappa shape index (κ1) is 16.6. The monoisotopic (exact) mass is 365 g/mol. The molecule has 4 rings (SSSR count). The number of carboxylic acid groups (broad SMARTS) is 1. The lowest BCUT2D eigenvalue weighted by Crippen LogP contribution is -2.12. The van der Waals surface area contributed by atoms with E-state index in [0.29, 0.717) is 5.56 Å². The van der Waals surface area contributed by atoms with Gasteiger partial charge in [-0.15, -0.1) is 0 Å². The molecular weight excluding hydrogens is 351 g/mol. The lowest BCUT2D eigenvalue weighted by atomic mass is 10.0. The quantitative estimate of drug-likeness (QED) is 0.768. The van der Waals surface area contributed by atoms with E-state index in [9.17, 15) is 18.0 Å². The Balaban J connectivity index is 2.03. The van der Waals surface area contributed by atoms with Crippen molar-refractivity contribution in [3.05, 3.63) is 29.7 Å². The summed E-state index contributed by atoms with van der Waals surface area (Å²) in [6.45, 7) is -0.552. The van der Waals surface area contributed by atoms with Crippen LogP contribution in [0.25, 0.3) is 22.3 Å². The number of carboxylic acids is 1. The molecular formula is C16H14F3N5O2. The van der Waals surface area contributed by atoms with Crippen LogP contribution in [-0.2, 0) is 24.6 Å². The molecule has 1 aliphatic carbocycles. The molecule has 3 aromatic rings. The molecule has 136 valence electrons. The fourth-order valence-electron chi connectivity index (χ4n) is 3.00. The molecule has 0 unspecified atom stereocenters. The van der Waals surface area contributed by atoms with Crippen molar-refractivity contribution < 1.29 is 23.1 Å². The number of hydrogen-bond donors (Lipinski definition) is 1. The van der Waals surface area contributed by atoms with Gasteiger partial charge in [0.25, 0.3) is 0 Å². The number of aromatic nitrogens is 5. The third kappa shape index (κ3) is 2.80. The van der Waals surface area contributed by atoms with Crippen molar-refractivity contribution in [2.45, 2.75) is 31.5 Å². The summed E-state index contributed by atoms with van der Waals surface area (Å²) in [5.74, 6) is -1.28. The molecule has 3 heterocycles. The van der Waals surface area contributed by atoms with Gasteiger partial charge in [0.15, 0.2) is 5.65 Å². The summed E-state index contributed by atoms with van der Waals surface area (Å²) < 4.78 is 43.8. The van der Waals surface area contributed by atoms with Gasteiger partial charge >= 0.3 is 12.1 Å². The molecule has 26 heavy (non-hydrogen) atoms. The zero-order chi connectivity index (χ0) is 18.6. The molecule has 1 aliphatic rings. The number of pyridine rings is 1. The summed E-state index contributed by atoms with van der Waals surface area (Å²) in [7, 11) is 1.65. The van der Waals surface area contributed by atoms with Crippen molar-refractivity contribution >= 4 is 17.0 Å². The summed E-state index contributed by atoms with van der Waals surface area (Å²) in [5, 5.41) is 17.1. The average Bonchev–Trinajstić information content (AvgIpc) is 3.20. The zero-order valence-electron chi connectivity index (χ0n) is 13.7. The maximum atomic E-state index is 13.8. The fourth-order valence-corrected chi connectivity index (χ4v) is 3.00. The predicted molar refractivity (Wildman–Crippen MR) is 84.3 cm³/mol. The molecule has 0 bridgehead atoms. The fraction of sp³-hybridized carbons (Fsp3) is 0.375. The zero-order valence-corrected chi connectivity index (χ0v) is 13.7. The Hall–Kier alpha value is -2.91. The maximum absolute atomic E-state index is 13.8. The molecule has 1 fully saturated rings. The van der Waals surface area contributed by atoms with Crippen molar-refractivity contribution in [3.8, 4) is 11.3 Å². The Morgan fingerprint density at radius 3 is 2.65 bits per heavy atom. The summed E-state index contributed by atoms with van der Waals surface area (Å²) in [4.78, 5) is 15.4. The first-order valence-corrected chi connectivity index (χ1v) is 7.93. The molecule has 0 aliphatic heterocycles. The molecule has 0 spiro atoms. The third-order valence-electron chi connectivity index (χ3n) is 4.28. The molecule has 0 saturated heterocycles. The predicted octanol–water partition coefficient (Wildman–Crippen LogP) is 2.81. The van der Waals surface area contributed by atoms with Crippen molar-refractivity contribution in [1.82, 2.24) is 24.5 Å². The van der Waals surface area contributed by atoms with E-state index < -0.39 is 24.3 Å². The average molecular weight is 365 g/mol. The van der Waals surface area contributed by atoms with Crippen LogP contribution in [0.5, 0.6) is 0 Å². The number of aryl methyl sites for hydroxylation is 1. The lowest BCUT2D eigenvalue weighted by molar-refractivity contribution is -0.138. The third-order valence-corrected chi connectivity index (χ3v) is 4.28. The number of rotatable bonds is 4. The Bertz CT molecular complexity index is 1020. The minimum atomic E-state index is -4.61. The smallest absolute Gasteiger partial charge is 0.417 e. The van der Waals surface area contributed by atoms with Gasteiger partial charge in [0.1, 0.15) is 6.54 Å². The molecule has 7 nitrogen and oxygen atoms in total. The molecule has 10 heteroatoms. The van der Waals surface area contributed by atoms with E-state index in [1.54, 1.807) is 13.2 Å². The number of fused-ring (bicyclic) bond motifs is 1. The van der Waals surface area contributed by atoms with E-state index >= 15 is 0 Å². The Morgan fingerprint density at radius 1 is 1.38 bits per heavy atom. The maximum Gasteiger partial charge on any atom is 0.417 e. The van der Waals surface area contributed by atoms with E-state index in [-0.39, 0.29) is 28.3 Å². The van der Waals surface area contributed by atoms with Gasteiger partial charge in [0.2, 0.25) is 0 Å². The van der Waals surface area contributed by atoms with Gasteiger partial charge in [-0.05, 0) is 18.9 Å². The summed E-state index contributed by atoms with van der Waals surface area (Å²) in [5.41, 5.74) is -0.149. The van der Waals surface area contributed by atoms with Crippen molar-refractivity contribution in [2.75, 3.05) is 0 Å².